The molecule has 164 valence electrons. The number of aromatic hydroxyl groups is 1. The van der Waals surface area contributed by atoms with E-state index in [9.17, 15) is 15.0 Å². The summed E-state index contributed by atoms with van der Waals surface area (Å²) in [6.45, 7) is 2.41. The minimum absolute atomic E-state index is 0.0332. The summed E-state index contributed by atoms with van der Waals surface area (Å²) in [7, 11) is 0. The second-order valence-corrected chi connectivity index (χ2v) is 9.37. The van der Waals surface area contributed by atoms with E-state index in [0.717, 1.165) is 48.4 Å². The third-order valence-electron chi connectivity index (χ3n) is 5.69. The highest BCUT2D eigenvalue weighted by Crippen LogP contribution is 2.24. The molecule has 1 aliphatic heterocycles. The summed E-state index contributed by atoms with van der Waals surface area (Å²) in [5, 5.41) is 24.3. The number of nitrogens with one attached hydrogen (secondary N) is 2. The molecule has 1 aromatic heterocycles. The number of anilines is 1. The molecule has 3 aromatic rings. The number of halogens is 1. The number of hydrogen-bond donors (Lipinski definition) is 4. The molecule has 2 heterocycles. The number of benzene rings is 2. The van der Waals surface area contributed by atoms with Gasteiger partial charge >= 0.3 is 4.87 Å². The maximum absolute atomic E-state index is 11.3. The maximum atomic E-state index is 11.3. The standard InChI is InChI=1S/C23H26ClN3O3S/c24-17-3-1-2-16(13-17)20(28)14-25-18-8-10-27(11-9-18)19-6-4-15(5-7-19)12-21-22(29)26-23(30)31-21/h1-7,13,18,20,25,28-29H,8-12,14H2,(H,26,30)/t20-/m0/s1. The van der Waals surface area contributed by atoms with Gasteiger partial charge in [0.25, 0.3) is 0 Å². The second-order valence-electron chi connectivity index (χ2n) is 7.87. The molecule has 8 heteroatoms. The van der Waals surface area contributed by atoms with E-state index < -0.39 is 6.10 Å². The number of aromatic nitrogens is 1. The highest BCUT2D eigenvalue weighted by Gasteiger charge is 2.20. The molecule has 0 amide bonds. The summed E-state index contributed by atoms with van der Waals surface area (Å²) < 4.78 is 0. The minimum Gasteiger partial charge on any atom is -0.494 e. The van der Waals surface area contributed by atoms with Gasteiger partial charge in [-0.05, 0) is 48.2 Å². The summed E-state index contributed by atoms with van der Waals surface area (Å²) in [6.07, 6.45) is 1.99. The lowest BCUT2D eigenvalue weighted by Gasteiger charge is -2.34. The molecule has 0 saturated carbocycles. The number of hydrogen-bond acceptors (Lipinski definition) is 6. The lowest BCUT2D eigenvalue weighted by molar-refractivity contribution is 0.167. The molecular formula is C23H26ClN3O3S. The lowest BCUT2D eigenvalue weighted by atomic mass is 10.0. The van der Waals surface area contributed by atoms with E-state index >= 15 is 0 Å². The summed E-state index contributed by atoms with van der Waals surface area (Å²) in [5.74, 6) is -0.0332. The highest BCUT2D eigenvalue weighted by atomic mass is 35.5. The Morgan fingerprint density at radius 2 is 1.94 bits per heavy atom. The van der Waals surface area contributed by atoms with Crippen LogP contribution in [-0.4, -0.2) is 40.9 Å². The van der Waals surface area contributed by atoms with Gasteiger partial charge in [-0.3, -0.25) is 9.78 Å². The van der Waals surface area contributed by atoms with Gasteiger partial charge in [-0.15, -0.1) is 0 Å². The first-order valence-corrected chi connectivity index (χ1v) is 11.6. The largest absolute Gasteiger partial charge is 0.494 e. The normalized spacial score (nSPS) is 15.9. The predicted octanol–water partition coefficient (Wildman–Crippen LogP) is 3.68. The Morgan fingerprint density at radius 3 is 2.58 bits per heavy atom. The zero-order chi connectivity index (χ0) is 21.8. The molecule has 1 saturated heterocycles. The predicted molar refractivity (Wildman–Crippen MR) is 126 cm³/mol. The van der Waals surface area contributed by atoms with Crippen molar-refractivity contribution in [1.82, 2.24) is 10.3 Å². The lowest BCUT2D eigenvalue weighted by Crippen LogP contribution is -2.43. The van der Waals surface area contributed by atoms with Gasteiger partial charge in [-0.1, -0.05) is 47.2 Å². The summed E-state index contributed by atoms with van der Waals surface area (Å²) >= 11 is 7.05. The number of aliphatic hydroxyl groups excluding tert-OH is 1. The molecule has 1 aliphatic rings. The molecule has 1 atom stereocenters. The SMILES string of the molecule is O=c1[nH]c(O)c(Cc2ccc(N3CCC(NC[C@H](O)c4cccc(Cl)c4)CC3)cc2)s1. The van der Waals surface area contributed by atoms with Crippen molar-refractivity contribution in [2.45, 2.75) is 31.4 Å². The van der Waals surface area contributed by atoms with Crippen LogP contribution >= 0.6 is 22.9 Å². The molecule has 4 rings (SSSR count). The molecule has 0 radical (unpaired) electrons. The van der Waals surface area contributed by atoms with Crippen LogP contribution < -0.4 is 15.1 Å². The number of piperidine rings is 1. The summed E-state index contributed by atoms with van der Waals surface area (Å²) in [4.78, 5) is 16.5. The molecule has 0 bridgehead atoms. The molecular weight excluding hydrogens is 434 g/mol. The Labute approximate surface area is 190 Å². The Hall–Kier alpha value is -2.32. The maximum Gasteiger partial charge on any atom is 0.307 e. The van der Waals surface area contributed by atoms with Crippen molar-refractivity contribution in [1.29, 1.82) is 0 Å². The summed E-state index contributed by atoms with van der Waals surface area (Å²) in [6, 6.07) is 16.0. The van der Waals surface area contributed by atoms with Crippen molar-refractivity contribution in [2.24, 2.45) is 0 Å². The first-order chi connectivity index (χ1) is 15.0. The average Bonchev–Trinajstić information content (AvgIpc) is 3.09. The van der Waals surface area contributed by atoms with E-state index in [2.05, 4.69) is 27.3 Å². The van der Waals surface area contributed by atoms with E-state index in [-0.39, 0.29) is 10.8 Å². The molecule has 1 fully saturated rings. The van der Waals surface area contributed by atoms with Gasteiger partial charge < -0.3 is 20.4 Å². The number of aromatic amines is 1. The van der Waals surface area contributed by atoms with Crippen LogP contribution in [0.15, 0.2) is 53.3 Å². The fraction of sp³-hybridized carbons (Fsp3) is 0.348. The zero-order valence-corrected chi connectivity index (χ0v) is 18.6. The van der Waals surface area contributed by atoms with E-state index in [4.69, 9.17) is 11.6 Å². The zero-order valence-electron chi connectivity index (χ0n) is 17.1. The van der Waals surface area contributed by atoms with E-state index in [1.54, 1.807) is 12.1 Å². The number of H-pyrrole nitrogens is 1. The Bertz CT molecular complexity index is 1060. The third-order valence-corrected chi connectivity index (χ3v) is 6.80. The van der Waals surface area contributed by atoms with Gasteiger partial charge in [0.1, 0.15) is 0 Å². The highest BCUT2D eigenvalue weighted by molar-refractivity contribution is 7.09. The third kappa shape index (κ3) is 5.68. The molecule has 0 unspecified atom stereocenters. The average molecular weight is 460 g/mol. The molecule has 31 heavy (non-hydrogen) atoms. The van der Waals surface area contributed by atoms with Crippen molar-refractivity contribution >= 4 is 28.6 Å². The van der Waals surface area contributed by atoms with Crippen molar-refractivity contribution in [3.8, 4) is 5.88 Å². The van der Waals surface area contributed by atoms with Crippen molar-refractivity contribution in [2.75, 3.05) is 24.5 Å². The Morgan fingerprint density at radius 1 is 1.19 bits per heavy atom. The van der Waals surface area contributed by atoms with Crippen LogP contribution in [0.25, 0.3) is 0 Å². The molecule has 4 N–H and O–H groups in total. The van der Waals surface area contributed by atoms with Crippen molar-refractivity contribution < 1.29 is 10.2 Å². The topological polar surface area (TPSA) is 88.6 Å². The molecule has 6 nitrogen and oxygen atoms in total. The first-order valence-electron chi connectivity index (χ1n) is 10.4. The second kappa shape index (κ2) is 9.87. The molecule has 0 aliphatic carbocycles. The van der Waals surface area contributed by atoms with Gasteiger partial charge in [-0.25, -0.2) is 0 Å². The van der Waals surface area contributed by atoms with Gasteiger partial charge in [-0.2, -0.15) is 0 Å². The van der Waals surface area contributed by atoms with Crippen LogP contribution in [0.4, 0.5) is 5.69 Å². The van der Waals surface area contributed by atoms with Crippen molar-refractivity contribution in [3.63, 3.8) is 0 Å². The van der Waals surface area contributed by atoms with Crippen LogP contribution in [0.2, 0.25) is 5.02 Å². The van der Waals surface area contributed by atoms with Crippen LogP contribution in [0.5, 0.6) is 5.88 Å². The summed E-state index contributed by atoms with van der Waals surface area (Å²) in [5.41, 5.74) is 3.06. The number of thiazole rings is 1. The number of rotatable bonds is 7. The number of nitrogens with zero attached hydrogens (tertiary/aromatic N) is 1. The molecule has 0 spiro atoms. The van der Waals surface area contributed by atoms with Crippen LogP contribution in [0, 0.1) is 0 Å². The fourth-order valence-electron chi connectivity index (χ4n) is 3.93. The van der Waals surface area contributed by atoms with Crippen LogP contribution in [-0.2, 0) is 6.42 Å². The quantitative estimate of drug-likeness (QED) is 0.433. The minimum atomic E-state index is -0.567. The van der Waals surface area contributed by atoms with E-state index in [1.165, 1.54) is 5.69 Å². The Balaban J connectivity index is 1.25. The van der Waals surface area contributed by atoms with E-state index in [0.29, 0.717) is 28.9 Å². The number of aliphatic hydroxyl groups is 1. The first kappa shape index (κ1) is 21.9. The van der Waals surface area contributed by atoms with Gasteiger partial charge in [0.2, 0.25) is 5.88 Å². The monoisotopic (exact) mass is 459 g/mol. The molecule has 2 aromatic carbocycles. The van der Waals surface area contributed by atoms with Gasteiger partial charge in [0, 0.05) is 42.8 Å². The van der Waals surface area contributed by atoms with E-state index in [1.807, 2.05) is 24.3 Å². The smallest absolute Gasteiger partial charge is 0.307 e. The van der Waals surface area contributed by atoms with Gasteiger partial charge in [0.15, 0.2) is 0 Å². The van der Waals surface area contributed by atoms with Gasteiger partial charge in [0.05, 0.1) is 11.0 Å². The van der Waals surface area contributed by atoms with Crippen LogP contribution in [0.3, 0.4) is 0 Å². The fourth-order valence-corrected chi connectivity index (χ4v) is 4.89. The van der Waals surface area contributed by atoms with Crippen LogP contribution in [0.1, 0.15) is 34.9 Å². The van der Waals surface area contributed by atoms with Crippen molar-refractivity contribution in [3.05, 3.63) is 79.2 Å². The Kier molecular flexibility index (Phi) is 6.97.